The van der Waals surface area contributed by atoms with Crippen molar-refractivity contribution in [3.63, 3.8) is 0 Å². The van der Waals surface area contributed by atoms with Gasteiger partial charge in [-0.3, -0.25) is 9.36 Å². The number of aromatic nitrogens is 4. The largest absolute Gasteiger partial charge is 0.440 e. The van der Waals surface area contributed by atoms with Crippen LogP contribution in [0.1, 0.15) is 12.0 Å². The van der Waals surface area contributed by atoms with Gasteiger partial charge in [0.2, 0.25) is 11.8 Å². The number of halogens is 4. The standard InChI is InChI=1S/C23H18ClF3N6O3/c24-15-3-1-14(2-4-15)11-33-20-19(32(13-28-20)12-23(25,26)27)21(34)30-22(33)29-16-5-7-17(8-6-16)36-18-9-10-35-31-18/h1-8,13H,9-12H2,(H,29,30,34). The molecule has 0 amide bonds. The number of nitrogens with zero attached hydrogens (tertiary/aromatic N) is 5. The van der Waals surface area contributed by atoms with Crippen LogP contribution in [-0.2, 0) is 17.9 Å². The first-order chi connectivity index (χ1) is 17.2. The van der Waals surface area contributed by atoms with Crippen LogP contribution in [0, 0.1) is 0 Å². The van der Waals surface area contributed by atoms with Crippen LogP contribution >= 0.6 is 11.6 Å². The number of alkyl halides is 3. The van der Waals surface area contributed by atoms with Gasteiger partial charge in [-0.15, -0.1) is 0 Å². The summed E-state index contributed by atoms with van der Waals surface area (Å²) in [6.07, 6.45) is -2.97. The Morgan fingerprint density at radius 3 is 2.53 bits per heavy atom. The molecule has 4 aromatic rings. The van der Waals surface area contributed by atoms with Gasteiger partial charge in [-0.1, -0.05) is 28.9 Å². The molecule has 5 rings (SSSR count). The summed E-state index contributed by atoms with van der Waals surface area (Å²) in [5.41, 5.74) is 0.340. The first-order valence-corrected chi connectivity index (χ1v) is 11.1. The van der Waals surface area contributed by atoms with Gasteiger partial charge >= 0.3 is 11.7 Å². The molecule has 2 aromatic heterocycles. The van der Waals surface area contributed by atoms with E-state index >= 15 is 0 Å². The number of imidazole rings is 1. The average Bonchev–Trinajstić information content (AvgIpc) is 3.48. The Morgan fingerprint density at radius 1 is 1.11 bits per heavy atom. The monoisotopic (exact) mass is 518 g/mol. The summed E-state index contributed by atoms with van der Waals surface area (Å²) in [6, 6.07) is 13.7. The molecule has 1 aliphatic heterocycles. The minimum absolute atomic E-state index is 0.0656. The van der Waals surface area contributed by atoms with Crippen molar-refractivity contribution in [1.82, 2.24) is 19.1 Å². The number of hydrogen-bond acceptors (Lipinski definition) is 7. The molecule has 1 N–H and O–H groups in total. The van der Waals surface area contributed by atoms with E-state index in [4.69, 9.17) is 21.2 Å². The Morgan fingerprint density at radius 2 is 1.86 bits per heavy atom. The normalized spacial score (nSPS) is 13.5. The van der Waals surface area contributed by atoms with Crippen molar-refractivity contribution in [3.05, 3.63) is 75.8 Å². The lowest BCUT2D eigenvalue weighted by atomic mass is 10.2. The summed E-state index contributed by atoms with van der Waals surface area (Å²) in [5, 5.41) is 7.38. The van der Waals surface area contributed by atoms with Gasteiger partial charge in [-0.2, -0.15) is 18.2 Å². The molecule has 36 heavy (non-hydrogen) atoms. The Bertz CT molecular complexity index is 1480. The average molecular weight is 519 g/mol. The molecule has 0 atom stereocenters. The van der Waals surface area contributed by atoms with Crippen LogP contribution in [0.25, 0.3) is 11.2 Å². The van der Waals surface area contributed by atoms with Crippen LogP contribution in [0.5, 0.6) is 5.75 Å². The second-order valence-electron chi connectivity index (χ2n) is 7.93. The fourth-order valence-corrected chi connectivity index (χ4v) is 3.79. The number of nitrogens with one attached hydrogen (secondary N) is 1. The molecular weight excluding hydrogens is 501 g/mol. The summed E-state index contributed by atoms with van der Waals surface area (Å²) >= 11 is 5.98. The summed E-state index contributed by atoms with van der Waals surface area (Å²) < 4.78 is 47.1. The molecule has 0 fully saturated rings. The maximum Gasteiger partial charge on any atom is 0.406 e. The molecule has 1 aliphatic rings. The van der Waals surface area contributed by atoms with Gasteiger partial charge in [-0.25, -0.2) is 4.98 Å². The Hall–Kier alpha value is -4.06. The predicted molar refractivity (Wildman–Crippen MR) is 127 cm³/mol. The van der Waals surface area contributed by atoms with E-state index in [1.165, 1.54) is 0 Å². The van der Waals surface area contributed by atoms with E-state index < -0.39 is 18.3 Å². The molecule has 0 bridgehead atoms. The number of ether oxygens (including phenoxy) is 1. The molecule has 0 spiro atoms. The first-order valence-electron chi connectivity index (χ1n) is 10.8. The van der Waals surface area contributed by atoms with Crippen molar-refractivity contribution < 1.29 is 22.7 Å². The number of hydrogen-bond donors (Lipinski definition) is 1. The Labute approximate surface area is 206 Å². The fourth-order valence-electron chi connectivity index (χ4n) is 3.67. The molecule has 13 heteroatoms. The molecule has 186 valence electrons. The zero-order chi connectivity index (χ0) is 25.3. The van der Waals surface area contributed by atoms with Crippen molar-refractivity contribution in [1.29, 1.82) is 0 Å². The number of anilines is 2. The lowest BCUT2D eigenvalue weighted by Crippen LogP contribution is -2.23. The molecule has 9 nitrogen and oxygen atoms in total. The number of oxime groups is 1. The molecule has 0 saturated heterocycles. The van der Waals surface area contributed by atoms with Crippen molar-refractivity contribution >= 4 is 40.3 Å². The third-order valence-electron chi connectivity index (χ3n) is 5.26. The smallest absolute Gasteiger partial charge is 0.406 e. The van der Waals surface area contributed by atoms with E-state index in [0.29, 0.717) is 35.4 Å². The number of benzene rings is 2. The minimum atomic E-state index is -4.53. The van der Waals surface area contributed by atoms with Crippen molar-refractivity contribution in [2.24, 2.45) is 5.16 Å². The molecule has 0 unspecified atom stereocenters. The van der Waals surface area contributed by atoms with Crippen LogP contribution < -0.4 is 15.6 Å². The highest BCUT2D eigenvalue weighted by atomic mass is 35.5. The Kier molecular flexibility index (Phi) is 6.27. The second kappa shape index (κ2) is 9.53. The molecule has 0 saturated carbocycles. The van der Waals surface area contributed by atoms with Crippen molar-refractivity contribution in [3.8, 4) is 5.75 Å². The van der Waals surface area contributed by atoms with E-state index in [9.17, 15) is 18.0 Å². The van der Waals surface area contributed by atoms with Crippen LogP contribution in [-0.4, -0.2) is 37.8 Å². The van der Waals surface area contributed by atoms with Crippen molar-refractivity contribution in [2.75, 3.05) is 11.9 Å². The van der Waals surface area contributed by atoms with E-state index in [0.717, 1.165) is 16.5 Å². The minimum Gasteiger partial charge on any atom is -0.440 e. The highest BCUT2D eigenvalue weighted by Crippen LogP contribution is 2.25. The van der Waals surface area contributed by atoms with Crippen LogP contribution in [0.15, 0.2) is 64.8 Å². The summed E-state index contributed by atoms with van der Waals surface area (Å²) in [4.78, 5) is 25.9. The van der Waals surface area contributed by atoms with Gasteiger partial charge in [0.1, 0.15) is 18.9 Å². The maximum absolute atomic E-state index is 13.1. The van der Waals surface area contributed by atoms with Gasteiger partial charge in [0.05, 0.1) is 19.3 Å². The van der Waals surface area contributed by atoms with Gasteiger partial charge in [0.25, 0.3) is 0 Å². The lowest BCUT2D eigenvalue weighted by molar-refractivity contribution is -0.140. The van der Waals surface area contributed by atoms with Crippen LogP contribution in [0.2, 0.25) is 5.02 Å². The van der Waals surface area contributed by atoms with E-state index in [1.807, 2.05) is 0 Å². The van der Waals surface area contributed by atoms with E-state index in [1.54, 1.807) is 53.1 Å². The maximum atomic E-state index is 13.1. The van der Waals surface area contributed by atoms with Crippen LogP contribution in [0.4, 0.5) is 24.8 Å². The second-order valence-corrected chi connectivity index (χ2v) is 8.37. The SMILES string of the molecule is O=c1nc(Nc2ccc(OC3=NOCC3)cc2)n(Cc2ccc(Cl)cc2)c2ncn(CC(F)(F)F)c12. The molecule has 0 aliphatic carbocycles. The number of rotatable bonds is 6. The molecular formula is C23H18ClF3N6O3. The van der Waals surface area contributed by atoms with E-state index in [-0.39, 0.29) is 23.7 Å². The van der Waals surface area contributed by atoms with Gasteiger partial charge in [-0.05, 0) is 42.0 Å². The fraction of sp³-hybridized carbons (Fsp3) is 0.217. The third-order valence-corrected chi connectivity index (χ3v) is 5.52. The summed E-state index contributed by atoms with van der Waals surface area (Å²) in [6.45, 7) is -0.716. The van der Waals surface area contributed by atoms with E-state index in [2.05, 4.69) is 20.4 Å². The topological polar surface area (TPSA) is 95.6 Å². The predicted octanol–water partition coefficient (Wildman–Crippen LogP) is 4.71. The first kappa shape index (κ1) is 23.7. The lowest BCUT2D eigenvalue weighted by Gasteiger charge is -2.16. The van der Waals surface area contributed by atoms with Gasteiger partial charge < -0.3 is 19.5 Å². The van der Waals surface area contributed by atoms with Crippen LogP contribution in [0.3, 0.4) is 0 Å². The zero-order valence-corrected chi connectivity index (χ0v) is 19.3. The Balaban J connectivity index is 1.51. The molecule has 3 heterocycles. The molecule has 0 radical (unpaired) electrons. The third kappa shape index (κ3) is 5.28. The van der Waals surface area contributed by atoms with Gasteiger partial charge in [0.15, 0.2) is 11.2 Å². The number of fused-ring (bicyclic) bond motifs is 1. The molecule has 2 aromatic carbocycles. The quantitative estimate of drug-likeness (QED) is 0.397. The highest BCUT2D eigenvalue weighted by molar-refractivity contribution is 6.30. The summed E-state index contributed by atoms with van der Waals surface area (Å²) in [7, 11) is 0. The highest BCUT2D eigenvalue weighted by Gasteiger charge is 2.30. The zero-order valence-electron chi connectivity index (χ0n) is 18.5. The summed E-state index contributed by atoms with van der Waals surface area (Å²) in [5.74, 6) is 1.12. The van der Waals surface area contributed by atoms with Crippen molar-refractivity contribution in [2.45, 2.75) is 25.7 Å². The van der Waals surface area contributed by atoms with Gasteiger partial charge in [0, 0.05) is 10.7 Å².